The normalized spacial score (nSPS) is 26.5. The van der Waals surface area contributed by atoms with Crippen LogP contribution in [-0.4, -0.2) is 132 Å². The van der Waals surface area contributed by atoms with Gasteiger partial charge in [-0.15, -0.1) is 0 Å². The Bertz CT molecular complexity index is 2190. The lowest BCUT2D eigenvalue weighted by atomic mass is 9.69. The van der Waals surface area contributed by atoms with E-state index in [-0.39, 0.29) is 26.1 Å². The predicted molar refractivity (Wildman–Crippen MR) is 441 cm³/mol. The predicted octanol–water partition coefficient (Wildman–Crippen LogP) is 18.9. The zero-order valence-electron chi connectivity index (χ0n) is 66.4. The number of aliphatic hydroxyl groups is 1. The number of fused-ring (bicyclic) bond motifs is 3. The summed E-state index contributed by atoms with van der Waals surface area (Å²) in [5, 5.41) is 48.9. The van der Waals surface area contributed by atoms with Gasteiger partial charge < -0.3 is 58.3 Å². The van der Waals surface area contributed by atoms with Crippen LogP contribution in [0.1, 0.15) is 355 Å². The molecule has 6 unspecified atom stereocenters. The molecule has 12 heteroatoms. The summed E-state index contributed by atoms with van der Waals surface area (Å²) in [7, 11) is 0. The molecule has 2 bridgehead atoms. The molecule has 0 amide bonds. The lowest BCUT2D eigenvalue weighted by Gasteiger charge is -2.39. The van der Waals surface area contributed by atoms with Crippen LogP contribution in [0.3, 0.4) is 0 Å². The summed E-state index contributed by atoms with van der Waals surface area (Å²) in [5.41, 5.74) is 2.47. The van der Waals surface area contributed by atoms with Crippen molar-refractivity contribution in [1.82, 2.24) is 53.2 Å². The Balaban J connectivity index is 0.000000198. The van der Waals surface area contributed by atoms with Gasteiger partial charge in [-0.05, 0) is 155 Å². The van der Waals surface area contributed by atoms with E-state index < -0.39 is 0 Å². The fourth-order valence-corrected chi connectivity index (χ4v) is 18.9. The van der Waals surface area contributed by atoms with Crippen LogP contribution in [0.4, 0.5) is 0 Å². The second kappa shape index (κ2) is 53.4. The van der Waals surface area contributed by atoms with Gasteiger partial charge >= 0.3 is 0 Å². The molecular formula is C88H166N10OS. The monoisotopic (exact) mass is 1410 g/mol. The molecule has 9 saturated carbocycles. The minimum Gasteiger partial charge on any atom is -0.395 e. The Hall–Kier alpha value is -1.39. The number of hydrogen-bond donors (Lipinski definition) is 11. The Morgan fingerprint density at radius 1 is 0.390 bits per heavy atom. The molecule has 9 aliphatic rings. The van der Waals surface area contributed by atoms with Gasteiger partial charge in [-0.3, -0.25) is 0 Å². The molecule has 7 atom stereocenters. The van der Waals surface area contributed by atoms with Crippen LogP contribution in [0.5, 0.6) is 0 Å². The molecular weight excluding hydrogens is 1250 g/mol. The highest BCUT2D eigenvalue weighted by Crippen LogP contribution is 2.65. The third kappa shape index (κ3) is 34.7. The molecule has 0 aromatic heterocycles. The van der Waals surface area contributed by atoms with Crippen LogP contribution in [0.15, 0.2) is 42.5 Å². The molecule has 580 valence electrons. The Morgan fingerprint density at radius 3 is 1.04 bits per heavy atom. The van der Waals surface area contributed by atoms with Gasteiger partial charge in [0.2, 0.25) is 0 Å². The summed E-state index contributed by atoms with van der Waals surface area (Å²) in [6.45, 7) is 25.6. The minimum absolute atomic E-state index is 0. The van der Waals surface area contributed by atoms with Gasteiger partial charge in [0.15, 0.2) is 0 Å². The molecule has 11 nitrogen and oxygen atoms in total. The highest BCUT2D eigenvalue weighted by atomic mass is 32.1. The van der Waals surface area contributed by atoms with E-state index in [4.69, 9.17) is 5.11 Å². The van der Waals surface area contributed by atoms with E-state index >= 15 is 0 Å². The standard InChI is InChI=1S/C22H32N2.C20H38N2.C18H36N2.C14H30N2O.C14H28N2.H2S/c1-18(21-15-9-11-19-10-7-8-14-22(19)21)23-16-17-24-20-12-5-3-2-4-6-13-20;1-19(2)16-11-12-20(19,3)18(15-16)22-14-13-21-17-9-7-5-4-6-8-10-17;1-3-7-11-17(12-8-4-1)19-15-16-20-18-13-9-5-2-6-10-14-18;1-2-13(12-17)15-10-11-16-14-8-6-4-3-5-7-9-14;1-12-11-14(12)16-10-9-15-13-7-5-3-2-4-6-8-13;/h7-11,14-15,18,20,23-24H,2-6,12-13,16-17H2,1H3;16-18,21-22H,4-15H2,1-3H3;17-20H,1-16H2;13-17H,2-12H2,1H3;12-16H,2-11H2,1H3;1H2/t;;;13-;;/m...0../s1. The number of hydrogen-bond acceptors (Lipinski definition) is 11. The zero-order valence-corrected chi connectivity index (χ0v) is 67.4. The van der Waals surface area contributed by atoms with Crippen LogP contribution in [-0.2, 0) is 0 Å². The Labute approximate surface area is 625 Å². The van der Waals surface area contributed by atoms with Crippen molar-refractivity contribution in [2.45, 2.75) is 404 Å². The Morgan fingerprint density at radius 2 is 0.710 bits per heavy atom. The molecule has 9 fully saturated rings. The molecule has 0 heterocycles. The molecule has 11 rings (SSSR count). The van der Waals surface area contributed by atoms with Crippen LogP contribution < -0.4 is 53.2 Å². The molecule has 100 heavy (non-hydrogen) atoms. The van der Waals surface area contributed by atoms with Gasteiger partial charge in [-0.2, -0.15) is 13.5 Å². The van der Waals surface area contributed by atoms with Crippen molar-refractivity contribution in [2.75, 3.05) is 72.1 Å². The summed E-state index contributed by atoms with van der Waals surface area (Å²) in [6, 6.07) is 22.2. The van der Waals surface area contributed by atoms with Crippen molar-refractivity contribution in [2.24, 2.45) is 22.7 Å². The molecule has 2 aromatic carbocycles. The second-order valence-electron chi connectivity index (χ2n) is 34.4. The quantitative estimate of drug-likeness (QED) is 0.0371. The van der Waals surface area contributed by atoms with E-state index in [0.717, 1.165) is 119 Å². The van der Waals surface area contributed by atoms with Crippen LogP contribution >= 0.6 is 13.5 Å². The van der Waals surface area contributed by atoms with Crippen molar-refractivity contribution in [3.8, 4) is 0 Å². The van der Waals surface area contributed by atoms with Crippen molar-refractivity contribution in [1.29, 1.82) is 0 Å². The number of nitrogens with one attached hydrogen (secondary N) is 10. The summed E-state index contributed by atoms with van der Waals surface area (Å²) >= 11 is 0. The zero-order chi connectivity index (χ0) is 69.7. The van der Waals surface area contributed by atoms with Gasteiger partial charge in [0.25, 0.3) is 0 Å². The molecule has 2 aromatic rings. The largest absolute Gasteiger partial charge is 0.395 e. The first kappa shape index (κ1) is 87.5. The van der Waals surface area contributed by atoms with E-state index in [0.29, 0.717) is 16.9 Å². The fraction of sp³-hybridized carbons (Fsp3) is 0.886. The number of rotatable bonds is 28. The third-order valence-electron chi connectivity index (χ3n) is 26.4. The first-order chi connectivity index (χ1) is 48.6. The molecule has 9 aliphatic carbocycles. The van der Waals surface area contributed by atoms with E-state index in [1.807, 2.05) is 0 Å². The summed E-state index contributed by atoms with van der Waals surface area (Å²) in [4.78, 5) is 0. The minimum atomic E-state index is 0. The molecule has 0 aliphatic heterocycles. The first-order valence-corrected chi connectivity index (χ1v) is 44.0. The van der Waals surface area contributed by atoms with Crippen LogP contribution in [0.2, 0.25) is 0 Å². The van der Waals surface area contributed by atoms with Crippen molar-refractivity contribution >= 4 is 24.3 Å². The SMILES string of the molecule is C1CCCC(NCCNC2CCCCCCC2)CCC1.CC(NCCNC1CCCCCCC1)c1cccc2ccccc12.CC1(C)C2CCC1(C)C(NCCNC1CCCCCCC1)C2.CC1CC1NCCNC1CCCCCCC1.CC[C@@H](CO)NCCNC1CCCCCCC1.S. The maximum absolute atomic E-state index is 9.06. The van der Waals surface area contributed by atoms with E-state index in [2.05, 4.69) is 137 Å². The van der Waals surface area contributed by atoms with E-state index in [1.54, 1.807) is 0 Å². The lowest BCUT2D eigenvalue weighted by Crippen LogP contribution is -2.47. The number of aliphatic hydroxyl groups excluding tert-OH is 1. The van der Waals surface area contributed by atoms with Crippen molar-refractivity contribution < 1.29 is 5.11 Å². The number of benzene rings is 2. The fourth-order valence-electron chi connectivity index (χ4n) is 18.9. The summed E-state index contributed by atoms with van der Waals surface area (Å²) in [6.07, 6.45) is 66.5. The van der Waals surface area contributed by atoms with Gasteiger partial charge in [-0.25, -0.2) is 0 Å². The maximum Gasteiger partial charge on any atom is 0.0584 e. The molecule has 11 N–H and O–H groups in total. The van der Waals surface area contributed by atoms with Gasteiger partial charge in [0.1, 0.15) is 0 Å². The Kier molecular flexibility index (Phi) is 46.7. The van der Waals surface area contributed by atoms with Gasteiger partial charge in [0, 0.05) is 126 Å². The highest BCUT2D eigenvalue weighted by Gasteiger charge is 2.61. The van der Waals surface area contributed by atoms with E-state index in [9.17, 15) is 0 Å². The molecule has 0 spiro atoms. The topological polar surface area (TPSA) is 141 Å². The van der Waals surface area contributed by atoms with Gasteiger partial charge in [-0.1, -0.05) is 270 Å². The smallest absolute Gasteiger partial charge is 0.0584 e. The second-order valence-corrected chi connectivity index (χ2v) is 34.4. The molecule has 0 saturated heterocycles. The summed E-state index contributed by atoms with van der Waals surface area (Å²) in [5.74, 6) is 1.88. The average Bonchev–Trinajstić information content (AvgIpc) is 1.56. The average molecular weight is 1410 g/mol. The molecule has 0 radical (unpaired) electrons. The highest BCUT2D eigenvalue weighted by molar-refractivity contribution is 7.59. The van der Waals surface area contributed by atoms with Crippen molar-refractivity contribution in [3.63, 3.8) is 0 Å². The van der Waals surface area contributed by atoms with E-state index in [1.165, 1.54) is 325 Å². The van der Waals surface area contributed by atoms with Gasteiger partial charge in [0.05, 0.1) is 6.61 Å². The maximum atomic E-state index is 9.06. The van der Waals surface area contributed by atoms with Crippen LogP contribution in [0, 0.1) is 22.7 Å². The van der Waals surface area contributed by atoms with Crippen LogP contribution in [0.25, 0.3) is 10.8 Å². The summed E-state index contributed by atoms with van der Waals surface area (Å²) < 4.78 is 0. The first-order valence-electron chi connectivity index (χ1n) is 44.0. The van der Waals surface area contributed by atoms with Crippen molar-refractivity contribution in [3.05, 3.63) is 48.0 Å². The third-order valence-corrected chi connectivity index (χ3v) is 26.4. The lowest BCUT2D eigenvalue weighted by molar-refractivity contribution is 0.121.